The van der Waals surface area contributed by atoms with E-state index in [9.17, 15) is 10.2 Å². The third-order valence-corrected chi connectivity index (χ3v) is 2.68. The Morgan fingerprint density at radius 3 is 2.63 bits per heavy atom. The van der Waals surface area contributed by atoms with E-state index in [0.29, 0.717) is 12.6 Å². The van der Waals surface area contributed by atoms with E-state index in [2.05, 4.69) is 24.3 Å². The zero-order valence-corrected chi connectivity index (χ0v) is 11.7. The van der Waals surface area contributed by atoms with Crippen molar-refractivity contribution in [2.24, 2.45) is 0 Å². The zero-order valence-electron chi connectivity index (χ0n) is 10.9. The summed E-state index contributed by atoms with van der Waals surface area (Å²) in [7, 11) is 0. The minimum Gasteiger partial charge on any atom is -0.508 e. The first-order valence-corrected chi connectivity index (χ1v) is 5.85. The summed E-state index contributed by atoms with van der Waals surface area (Å²) >= 11 is 0. The average Bonchev–Trinajstić information content (AvgIpc) is 2.76. The van der Waals surface area contributed by atoms with Crippen molar-refractivity contribution in [1.29, 1.82) is 0 Å². The molecule has 0 atom stereocenters. The van der Waals surface area contributed by atoms with E-state index in [4.69, 9.17) is 0 Å². The van der Waals surface area contributed by atoms with Crippen LogP contribution in [0.1, 0.15) is 25.5 Å². The van der Waals surface area contributed by atoms with E-state index in [1.807, 2.05) is 10.9 Å². The Morgan fingerprint density at radius 1 is 1.32 bits per heavy atom. The number of halogens is 1. The molecule has 6 heteroatoms. The van der Waals surface area contributed by atoms with Gasteiger partial charge >= 0.3 is 0 Å². The van der Waals surface area contributed by atoms with Crippen molar-refractivity contribution in [3.8, 4) is 11.5 Å². The van der Waals surface area contributed by atoms with Crippen LogP contribution in [0.3, 0.4) is 0 Å². The van der Waals surface area contributed by atoms with Gasteiger partial charge in [-0.25, -0.2) is 0 Å². The molecule has 0 aliphatic carbocycles. The van der Waals surface area contributed by atoms with Crippen LogP contribution in [-0.2, 0) is 6.54 Å². The second-order valence-corrected chi connectivity index (χ2v) is 4.47. The predicted octanol–water partition coefficient (Wildman–Crippen LogP) is 2.91. The third kappa shape index (κ3) is 3.79. The van der Waals surface area contributed by atoms with Crippen molar-refractivity contribution in [2.45, 2.75) is 26.4 Å². The van der Waals surface area contributed by atoms with Gasteiger partial charge < -0.3 is 15.5 Å². The number of rotatable bonds is 4. The molecule has 104 valence electrons. The Morgan fingerprint density at radius 2 is 2.05 bits per heavy atom. The lowest BCUT2D eigenvalue weighted by molar-refractivity contribution is 0.446. The lowest BCUT2D eigenvalue weighted by Gasteiger charge is -2.07. The first-order valence-electron chi connectivity index (χ1n) is 5.85. The van der Waals surface area contributed by atoms with Gasteiger partial charge in [0, 0.05) is 30.4 Å². The predicted molar refractivity (Wildman–Crippen MR) is 77.0 cm³/mol. The van der Waals surface area contributed by atoms with Gasteiger partial charge in [-0.15, -0.1) is 12.4 Å². The fraction of sp³-hybridized carbons (Fsp3) is 0.308. The maximum atomic E-state index is 9.64. The quantitative estimate of drug-likeness (QED) is 0.807. The van der Waals surface area contributed by atoms with Gasteiger partial charge in [-0.05, 0) is 26.0 Å². The summed E-state index contributed by atoms with van der Waals surface area (Å²) in [5.41, 5.74) is 1.63. The molecule has 0 bridgehead atoms. The van der Waals surface area contributed by atoms with Crippen LogP contribution in [0.15, 0.2) is 30.6 Å². The second-order valence-electron chi connectivity index (χ2n) is 4.47. The van der Waals surface area contributed by atoms with E-state index in [-0.39, 0.29) is 23.9 Å². The fourth-order valence-corrected chi connectivity index (χ4v) is 1.61. The second kappa shape index (κ2) is 6.33. The van der Waals surface area contributed by atoms with Crippen LogP contribution < -0.4 is 5.32 Å². The minimum atomic E-state index is 0. The van der Waals surface area contributed by atoms with Crippen LogP contribution in [-0.4, -0.2) is 20.0 Å². The van der Waals surface area contributed by atoms with E-state index in [1.54, 1.807) is 18.3 Å². The Bertz CT molecular complexity index is 540. The van der Waals surface area contributed by atoms with Crippen molar-refractivity contribution < 1.29 is 10.2 Å². The van der Waals surface area contributed by atoms with Gasteiger partial charge in [0.1, 0.15) is 11.5 Å². The number of phenols is 2. The molecule has 0 saturated carbocycles. The number of aromatic hydroxyl groups is 2. The number of phenolic OH excluding ortho intramolecular Hbond substituents is 2. The molecule has 0 fully saturated rings. The summed E-state index contributed by atoms with van der Waals surface area (Å²) in [5, 5.41) is 26.2. The highest BCUT2D eigenvalue weighted by atomic mass is 35.5. The SMILES string of the molecule is CC(C)n1cc(NCc2ccc(O)cc2O)cn1.Cl. The molecule has 0 spiro atoms. The average molecular weight is 284 g/mol. The van der Waals surface area contributed by atoms with Gasteiger partial charge in [0.05, 0.1) is 11.9 Å². The van der Waals surface area contributed by atoms with Crippen LogP contribution in [0.2, 0.25) is 0 Å². The molecule has 0 aliphatic rings. The molecule has 0 amide bonds. The van der Waals surface area contributed by atoms with Crippen molar-refractivity contribution in [3.05, 3.63) is 36.2 Å². The number of nitrogens with zero attached hydrogens (tertiary/aromatic N) is 2. The number of hydrogen-bond donors (Lipinski definition) is 3. The summed E-state index contributed by atoms with van der Waals surface area (Å²) in [5.74, 6) is 0.141. The number of nitrogens with one attached hydrogen (secondary N) is 1. The molecule has 1 aromatic carbocycles. The van der Waals surface area contributed by atoms with E-state index in [0.717, 1.165) is 11.3 Å². The highest BCUT2D eigenvalue weighted by Crippen LogP contribution is 2.23. The summed E-state index contributed by atoms with van der Waals surface area (Å²) in [6.07, 6.45) is 3.67. The standard InChI is InChI=1S/C13H17N3O2.ClH/c1-9(2)16-8-11(7-15-16)14-6-10-3-4-12(17)5-13(10)18;/h3-5,7-9,14,17-18H,6H2,1-2H3;1H. The normalized spacial score (nSPS) is 10.3. The van der Waals surface area contributed by atoms with Gasteiger partial charge in [0.25, 0.3) is 0 Å². The number of hydrogen-bond acceptors (Lipinski definition) is 4. The Hall–Kier alpha value is -1.88. The highest BCUT2D eigenvalue weighted by molar-refractivity contribution is 5.85. The molecule has 0 saturated heterocycles. The van der Waals surface area contributed by atoms with Gasteiger partial charge in [-0.3, -0.25) is 4.68 Å². The fourth-order valence-electron chi connectivity index (χ4n) is 1.61. The molecule has 0 radical (unpaired) electrons. The van der Waals surface area contributed by atoms with Gasteiger partial charge in [-0.1, -0.05) is 0 Å². The lowest BCUT2D eigenvalue weighted by Crippen LogP contribution is -2.01. The summed E-state index contributed by atoms with van der Waals surface area (Å²) < 4.78 is 1.86. The zero-order chi connectivity index (χ0) is 13.1. The molecule has 5 nitrogen and oxygen atoms in total. The lowest BCUT2D eigenvalue weighted by atomic mass is 10.2. The van der Waals surface area contributed by atoms with Crippen molar-refractivity contribution in [2.75, 3.05) is 5.32 Å². The first kappa shape index (κ1) is 15.2. The number of aromatic nitrogens is 2. The smallest absolute Gasteiger partial charge is 0.124 e. The summed E-state index contributed by atoms with van der Waals surface area (Å²) in [4.78, 5) is 0. The van der Waals surface area contributed by atoms with Crippen LogP contribution in [0, 0.1) is 0 Å². The number of benzene rings is 1. The largest absolute Gasteiger partial charge is 0.508 e. The molecule has 2 aromatic rings. The van der Waals surface area contributed by atoms with E-state index >= 15 is 0 Å². The third-order valence-electron chi connectivity index (χ3n) is 2.68. The van der Waals surface area contributed by atoms with Gasteiger partial charge in [0.15, 0.2) is 0 Å². The minimum absolute atomic E-state index is 0. The van der Waals surface area contributed by atoms with E-state index < -0.39 is 0 Å². The Kier molecular flexibility index (Phi) is 5.06. The van der Waals surface area contributed by atoms with Crippen LogP contribution >= 0.6 is 12.4 Å². The molecule has 19 heavy (non-hydrogen) atoms. The molecule has 1 heterocycles. The summed E-state index contributed by atoms with van der Waals surface area (Å²) in [6, 6.07) is 4.88. The Labute approximate surface area is 118 Å². The molecular formula is C13H18ClN3O2. The molecule has 0 unspecified atom stereocenters. The maximum Gasteiger partial charge on any atom is 0.124 e. The van der Waals surface area contributed by atoms with E-state index in [1.165, 1.54) is 6.07 Å². The van der Waals surface area contributed by atoms with Crippen molar-refractivity contribution >= 4 is 18.1 Å². The maximum absolute atomic E-state index is 9.64. The van der Waals surface area contributed by atoms with Gasteiger partial charge in [0.2, 0.25) is 0 Å². The molecule has 0 aliphatic heterocycles. The van der Waals surface area contributed by atoms with Gasteiger partial charge in [-0.2, -0.15) is 5.10 Å². The molecule has 3 N–H and O–H groups in total. The molecule has 1 aromatic heterocycles. The summed E-state index contributed by atoms with van der Waals surface area (Å²) in [6.45, 7) is 4.60. The van der Waals surface area contributed by atoms with Crippen molar-refractivity contribution in [1.82, 2.24) is 9.78 Å². The number of anilines is 1. The van der Waals surface area contributed by atoms with Crippen molar-refractivity contribution in [3.63, 3.8) is 0 Å². The molecular weight excluding hydrogens is 266 g/mol. The monoisotopic (exact) mass is 283 g/mol. The topological polar surface area (TPSA) is 70.3 Å². The van der Waals surface area contributed by atoms with Crippen LogP contribution in [0.4, 0.5) is 5.69 Å². The molecule has 2 rings (SSSR count). The van der Waals surface area contributed by atoms with Crippen LogP contribution in [0.5, 0.6) is 11.5 Å². The van der Waals surface area contributed by atoms with Crippen LogP contribution in [0.25, 0.3) is 0 Å². The first-order chi connectivity index (χ1) is 8.56. The Balaban J connectivity index is 0.00000180. The highest BCUT2D eigenvalue weighted by Gasteiger charge is 2.04.